The van der Waals surface area contributed by atoms with Crippen molar-refractivity contribution in [1.29, 1.82) is 0 Å². The van der Waals surface area contributed by atoms with Crippen molar-refractivity contribution >= 4 is 0 Å². The Morgan fingerprint density at radius 2 is 1.73 bits per heavy atom. The molecule has 15 heavy (non-hydrogen) atoms. The average Bonchev–Trinajstić information content (AvgIpc) is 2.14. The van der Waals surface area contributed by atoms with Crippen LogP contribution in [0.2, 0.25) is 0 Å². The van der Waals surface area contributed by atoms with E-state index in [0.29, 0.717) is 5.41 Å². The van der Waals surface area contributed by atoms with Crippen LogP contribution in [0.25, 0.3) is 0 Å². The topological polar surface area (TPSA) is 26.0 Å². The van der Waals surface area contributed by atoms with Gasteiger partial charge in [-0.25, -0.2) is 0 Å². The molecule has 0 aliphatic heterocycles. The third-order valence-corrected chi connectivity index (χ3v) is 3.24. The summed E-state index contributed by atoms with van der Waals surface area (Å²) in [7, 11) is 0. The maximum absolute atomic E-state index is 5.83. The molecule has 0 fully saturated rings. The summed E-state index contributed by atoms with van der Waals surface area (Å²) in [5.74, 6) is 1.62. The Balaban J connectivity index is 3.71. The molecule has 0 bridgehead atoms. The van der Waals surface area contributed by atoms with Gasteiger partial charge in [-0.2, -0.15) is 0 Å². The normalized spacial score (nSPS) is 16.4. The van der Waals surface area contributed by atoms with Gasteiger partial charge in [-0.15, -0.1) is 0 Å². The van der Waals surface area contributed by atoms with E-state index >= 15 is 0 Å². The maximum Gasteiger partial charge on any atom is -0.00487 e. The molecule has 0 rings (SSSR count). The minimum Gasteiger partial charge on any atom is -0.330 e. The molecule has 2 unspecified atom stereocenters. The van der Waals surface area contributed by atoms with Crippen molar-refractivity contribution in [3.8, 4) is 0 Å². The molecule has 0 aromatic heterocycles. The van der Waals surface area contributed by atoms with Crippen LogP contribution in [-0.2, 0) is 0 Å². The van der Waals surface area contributed by atoms with Crippen LogP contribution in [0, 0.1) is 17.3 Å². The monoisotopic (exact) mass is 213 g/mol. The lowest BCUT2D eigenvalue weighted by molar-refractivity contribution is 0.277. The first-order chi connectivity index (χ1) is 6.89. The van der Waals surface area contributed by atoms with Crippen LogP contribution in [0.4, 0.5) is 0 Å². The number of hydrogen-bond donors (Lipinski definition) is 1. The summed E-state index contributed by atoms with van der Waals surface area (Å²) >= 11 is 0. The summed E-state index contributed by atoms with van der Waals surface area (Å²) in [6.07, 6.45) is 6.62. The van der Waals surface area contributed by atoms with Gasteiger partial charge < -0.3 is 5.73 Å². The fraction of sp³-hybridized carbons (Fsp3) is 1.00. The molecule has 0 amide bonds. The van der Waals surface area contributed by atoms with Gasteiger partial charge in [-0.3, -0.25) is 0 Å². The fourth-order valence-electron chi connectivity index (χ4n) is 2.13. The van der Waals surface area contributed by atoms with Crippen LogP contribution in [0.1, 0.15) is 66.7 Å². The van der Waals surface area contributed by atoms with Crippen LogP contribution >= 0.6 is 0 Å². The number of nitrogens with two attached hydrogens (primary N) is 1. The molecular formula is C14H31N. The molecule has 1 nitrogen and oxygen atoms in total. The van der Waals surface area contributed by atoms with E-state index in [1.807, 2.05) is 0 Å². The number of rotatable bonds is 7. The van der Waals surface area contributed by atoms with Crippen molar-refractivity contribution in [1.82, 2.24) is 0 Å². The molecule has 2 N–H and O–H groups in total. The zero-order chi connectivity index (χ0) is 11.9. The van der Waals surface area contributed by atoms with Crippen molar-refractivity contribution in [3.05, 3.63) is 0 Å². The quantitative estimate of drug-likeness (QED) is 0.673. The van der Waals surface area contributed by atoms with Crippen LogP contribution in [-0.4, -0.2) is 6.54 Å². The molecular weight excluding hydrogens is 182 g/mol. The molecule has 1 heteroatoms. The van der Waals surface area contributed by atoms with Crippen molar-refractivity contribution in [2.24, 2.45) is 23.0 Å². The average molecular weight is 213 g/mol. The Hall–Kier alpha value is -0.0400. The first kappa shape index (κ1) is 15.0. The van der Waals surface area contributed by atoms with Crippen LogP contribution < -0.4 is 5.73 Å². The Morgan fingerprint density at radius 1 is 1.13 bits per heavy atom. The van der Waals surface area contributed by atoms with Gasteiger partial charge >= 0.3 is 0 Å². The summed E-state index contributed by atoms with van der Waals surface area (Å²) in [6, 6.07) is 0. The highest BCUT2D eigenvalue weighted by Gasteiger charge is 2.17. The number of hydrogen-bond acceptors (Lipinski definition) is 1. The zero-order valence-corrected chi connectivity index (χ0v) is 11.5. The van der Waals surface area contributed by atoms with Gasteiger partial charge in [0.25, 0.3) is 0 Å². The predicted molar refractivity (Wildman–Crippen MR) is 69.9 cm³/mol. The van der Waals surface area contributed by atoms with Crippen molar-refractivity contribution in [2.75, 3.05) is 6.54 Å². The zero-order valence-electron chi connectivity index (χ0n) is 11.5. The molecule has 0 aromatic rings. The summed E-state index contributed by atoms with van der Waals surface area (Å²) < 4.78 is 0. The van der Waals surface area contributed by atoms with Crippen LogP contribution in [0.3, 0.4) is 0 Å². The van der Waals surface area contributed by atoms with Crippen molar-refractivity contribution in [3.63, 3.8) is 0 Å². The lowest BCUT2D eigenvalue weighted by atomic mass is 9.82. The van der Waals surface area contributed by atoms with Crippen LogP contribution in [0.15, 0.2) is 0 Å². The highest BCUT2D eigenvalue weighted by Crippen LogP contribution is 2.27. The van der Waals surface area contributed by atoms with Gasteiger partial charge in [0.15, 0.2) is 0 Å². The predicted octanol–water partition coefficient (Wildman–Crippen LogP) is 4.21. The minimum absolute atomic E-state index is 0.431. The van der Waals surface area contributed by atoms with Crippen LogP contribution in [0.5, 0.6) is 0 Å². The van der Waals surface area contributed by atoms with Gasteiger partial charge in [0, 0.05) is 0 Å². The second kappa shape index (κ2) is 7.27. The lowest BCUT2D eigenvalue weighted by Gasteiger charge is -2.25. The van der Waals surface area contributed by atoms with Gasteiger partial charge in [0.1, 0.15) is 0 Å². The van der Waals surface area contributed by atoms with E-state index in [-0.39, 0.29) is 0 Å². The summed E-state index contributed by atoms with van der Waals surface area (Å²) in [5.41, 5.74) is 6.26. The molecule has 0 saturated carbocycles. The molecule has 0 aromatic carbocycles. The van der Waals surface area contributed by atoms with E-state index in [1.54, 1.807) is 0 Å². The third kappa shape index (κ3) is 8.92. The first-order valence-corrected chi connectivity index (χ1v) is 6.59. The molecule has 0 aliphatic rings. The Morgan fingerprint density at radius 3 is 2.13 bits per heavy atom. The molecule has 0 saturated heterocycles. The highest BCUT2D eigenvalue weighted by molar-refractivity contribution is 4.70. The van der Waals surface area contributed by atoms with Gasteiger partial charge in [-0.1, -0.05) is 53.9 Å². The van der Waals surface area contributed by atoms with E-state index in [0.717, 1.165) is 18.4 Å². The fourth-order valence-corrected chi connectivity index (χ4v) is 2.13. The first-order valence-electron chi connectivity index (χ1n) is 6.59. The molecule has 2 atom stereocenters. The van der Waals surface area contributed by atoms with E-state index in [4.69, 9.17) is 5.73 Å². The summed E-state index contributed by atoms with van der Waals surface area (Å²) in [5, 5.41) is 0. The maximum atomic E-state index is 5.83. The molecule has 92 valence electrons. The Labute approximate surface area is 96.8 Å². The van der Waals surface area contributed by atoms with Crippen molar-refractivity contribution < 1.29 is 0 Å². The Bertz CT molecular complexity index is 146. The minimum atomic E-state index is 0.431. The van der Waals surface area contributed by atoms with Gasteiger partial charge in [0.05, 0.1) is 0 Å². The standard InChI is InChI=1S/C14H31N/c1-6-12(2)8-7-9-13(11-15)10-14(3,4)5/h12-13H,6-11,15H2,1-5H3. The molecule has 0 heterocycles. The highest BCUT2D eigenvalue weighted by atomic mass is 14.5. The second-order valence-corrected chi connectivity index (χ2v) is 6.31. The molecule has 0 spiro atoms. The van der Waals surface area contributed by atoms with E-state index in [1.165, 1.54) is 32.1 Å². The van der Waals surface area contributed by atoms with E-state index in [9.17, 15) is 0 Å². The summed E-state index contributed by atoms with van der Waals surface area (Å²) in [6.45, 7) is 12.4. The summed E-state index contributed by atoms with van der Waals surface area (Å²) in [4.78, 5) is 0. The Kier molecular flexibility index (Phi) is 7.25. The SMILES string of the molecule is CCC(C)CCCC(CN)CC(C)(C)C. The lowest BCUT2D eigenvalue weighted by Crippen LogP contribution is -2.21. The van der Waals surface area contributed by atoms with E-state index < -0.39 is 0 Å². The van der Waals surface area contributed by atoms with Gasteiger partial charge in [-0.05, 0) is 36.6 Å². The van der Waals surface area contributed by atoms with Gasteiger partial charge in [0.2, 0.25) is 0 Å². The molecule has 0 radical (unpaired) electrons. The third-order valence-electron chi connectivity index (χ3n) is 3.24. The van der Waals surface area contributed by atoms with Crippen molar-refractivity contribution in [2.45, 2.75) is 66.7 Å². The largest absolute Gasteiger partial charge is 0.330 e. The molecule has 0 aliphatic carbocycles. The second-order valence-electron chi connectivity index (χ2n) is 6.31. The van der Waals surface area contributed by atoms with E-state index in [2.05, 4.69) is 34.6 Å². The smallest absolute Gasteiger partial charge is 0.00487 e.